The van der Waals surface area contributed by atoms with Crippen LogP contribution in [0.4, 0.5) is 0 Å². The molecule has 0 fully saturated rings. The third-order valence-corrected chi connectivity index (χ3v) is 2.24. The van der Waals surface area contributed by atoms with Crippen molar-refractivity contribution in [1.82, 2.24) is 15.4 Å². The zero-order chi connectivity index (χ0) is 9.26. The maximum absolute atomic E-state index is 6.01. The molecule has 2 aromatic rings. The second-order valence-corrected chi connectivity index (χ2v) is 3.12. The van der Waals surface area contributed by atoms with Crippen LogP contribution >= 0.6 is 11.6 Å². The first-order valence-electron chi connectivity index (χ1n) is 3.91. The summed E-state index contributed by atoms with van der Waals surface area (Å²) in [5, 5.41) is 11.3. The van der Waals surface area contributed by atoms with Crippen LogP contribution in [0.3, 0.4) is 0 Å². The zero-order valence-corrected chi connectivity index (χ0v) is 7.67. The summed E-state index contributed by atoms with van der Waals surface area (Å²) in [6.07, 6.45) is 2.51. The quantitative estimate of drug-likeness (QED) is 0.744. The van der Waals surface area contributed by atoms with Gasteiger partial charge in [0.2, 0.25) is 0 Å². The predicted octanol–water partition coefficient (Wildman–Crippen LogP) is 2.34. The monoisotopic (exact) mass is 193 g/mol. The Bertz CT molecular complexity index is 447. The molecule has 0 saturated heterocycles. The van der Waals surface area contributed by atoms with Crippen LogP contribution in [-0.2, 0) is 6.42 Å². The topological polar surface area (TPSA) is 41.6 Å². The van der Waals surface area contributed by atoms with Crippen LogP contribution in [-0.4, -0.2) is 15.4 Å². The number of rotatable bonds is 2. The van der Waals surface area contributed by atoms with E-state index >= 15 is 0 Å². The molecule has 2 rings (SSSR count). The fraction of sp³-hybridized carbons (Fsp3) is 0.111. The minimum atomic E-state index is 0.710. The molecule has 4 heteroatoms. The minimum Gasteiger partial charge on any atom is -0.197 e. The average Bonchev–Trinajstić information content (AvgIpc) is 2.58. The molecule has 0 aliphatic rings. The third-order valence-electron chi connectivity index (χ3n) is 1.89. The number of halogens is 1. The maximum Gasteiger partial charge on any atom is 0.117 e. The van der Waals surface area contributed by atoms with Gasteiger partial charge in [-0.05, 0) is 18.6 Å². The van der Waals surface area contributed by atoms with Gasteiger partial charge in [0, 0.05) is 10.6 Å². The summed E-state index contributed by atoms with van der Waals surface area (Å²) in [4.78, 5) is 0. The molecule has 3 nitrogen and oxygen atoms in total. The summed E-state index contributed by atoms with van der Waals surface area (Å²) in [7, 11) is 0. The molecule has 1 aromatic carbocycles. The third kappa shape index (κ3) is 1.31. The van der Waals surface area contributed by atoms with Gasteiger partial charge in [0.1, 0.15) is 11.0 Å². The van der Waals surface area contributed by atoms with E-state index in [1.54, 1.807) is 6.08 Å². The first kappa shape index (κ1) is 8.26. The molecule has 0 aliphatic carbocycles. The predicted molar refractivity (Wildman–Crippen MR) is 52.8 cm³/mol. The van der Waals surface area contributed by atoms with E-state index in [4.69, 9.17) is 11.6 Å². The van der Waals surface area contributed by atoms with E-state index in [0.29, 0.717) is 11.4 Å². The second kappa shape index (κ2) is 3.18. The lowest BCUT2D eigenvalue weighted by Gasteiger charge is -1.99. The molecular weight excluding hydrogens is 186 g/mol. The lowest BCUT2D eigenvalue weighted by Crippen LogP contribution is -1.85. The van der Waals surface area contributed by atoms with Gasteiger partial charge in [-0.2, -0.15) is 15.4 Å². The van der Waals surface area contributed by atoms with Crippen molar-refractivity contribution < 1.29 is 0 Å². The van der Waals surface area contributed by atoms with Gasteiger partial charge in [-0.1, -0.05) is 17.7 Å². The van der Waals surface area contributed by atoms with Gasteiger partial charge in [0.15, 0.2) is 0 Å². The number of hydrogen-bond donors (Lipinski definition) is 1. The van der Waals surface area contributed by atoms with Gasteiger partial charge < -0.3 is 0 Å². The Morgan fingerprint density at radius 2 is 2.31 bits per heavy atom. The Morgan fingerprint density at radius 1 is 1.46 bits per heavy atom. The highest BCUT2D eigenvalue weighted by Gasteiger charge is 2.07. The van der Waals surface area contributed by atoms with Crippen LogP contribution in [0.2, 0.25) is 5.02 Å². The number of nitrogens with zero attached hydrogens (tertiary/aromatic N) is 2. The van der Waals surface area contributed by atoms with Crippen LogP contribution in [0.5, 0.6) is 0 Å². The molecule has 0 spiro atoms. The smallest absolute Gasteiger partial charge is 0.117 e. The largest absolute Gasteiger partial charge is 0.197 e. The fourth-order valence-corrected chi connectivity index (χ4v) is 1.51. The molecular formula is C9H8ClN3. The lowest BCUT2D eigenvalue weighted by atomic mass is 10.1. The normalized spacial score (nSPS) is 10.5. The van der Waals surface area contributed by atoms with Crippen molar-refractivity contribution in [2.75, 3.05) is 0 Å². The number of nitrogens with one attached hydrogen (secondary N) is 1. The molecule has 0 amide bonds. The van der Waals surface area contributed by atoms with Gasteiger partial charge in [-0.25, -0.2) is 0 Å². The molecule has 66 valence electrons. The van der Waals surface area contributed by atoms with Crippen LogP contribution in [0.25, 0.3) is 11.0 Å². The van der Waals surface area contributed by atoms with Gasteiger partial charge in [0.05, 0.1) is 0 Å². The van der Waals surface area contributed by atoms with E-state index in [1.807, 2.05) is 12.1 Å². The molecule has 1 N–H and O–H groups in total. The van der Waals surface area contributed by atoms with E-state index < -0.39 is 0 Å². The summed E-state index contributed by atoms with van der Waals surface area (Å²) < 4.78 is 0. The fourth-order valence-electron chi connectivity index (χ4n) is 1.28. The first-order valence-corrected chi connectivity index (χ1v) is 4.29. The minimum absolute atomic E-state index is 0.710. The molecule has 0 saturated carbocycles. The summed E-state index contributed by atoms with van der Waals surface area (Å²) >= 11 is 6.01. The number of allylic oxidation sites excluding steroid dienone is 1. The Hall–Kier alpha value is -1.35. The van der Waals surface area contributed by atoms with Crippen LogP contribution < -0.4 is 0 Å². The standard InChI is InChI=1S/C9H8ClN3/c1-2-3-6-7(10)4-5-8-9(6)12-13-11-8/h2,4-5H,1,3H2,(H,11,12,13). The van der Waals surface area contributed by atoms with Crippen molar-refractivity contribution in [3.8, 4) is 0 Å². The zero-order valence-electron chi connectivity index (χ0n) is 6.92. The van der Waals surface area contributed by atoms with Crippen LogP contribution in [0.1, 0.15) is 5.56 Å². The SMILES string of the molecule is C=CCc1c(Cl)ccc2n[nH]nc12. The van der Waals surface area contributed by atoms with Gasteiger partial charge >= 0.3 is 0 Å². The molecule has 0 radical (unpaired) electrons. The van der Waals surface area contributed by atoms with Gasteiger partial charge in [-0.15, -0.1) is 6.58 Å². The molecule has 0 atom stereocenters. The van der Waals surface area contributed by atoms with Crippen molar-refractivity contribution in [2.45, 2.75) is 6.42 Å². The Morgan fingerprint density at radius 3 is 3.08 bits per heavy atom. The number of aromatic nitrogens is 3. The van der Waals surface area contributed by atoms with Crippen molar-refractivity contribution in [3.63, 3.8) is 0 Å². The molecule has 1 heterocycles. The second-order valence-electron chi connectivity index (χ2n) is 2.71. The summed E-state index contributed by atoms with van der Waals surface area (Å²) in [6, 6.07) is 3.67. The highest BCUT2D eigenvalue weighted by atomic mass is 35.5. The molecule has 0 aliphatic heterocycles. The van der Waals surface area contributed by atoms with E-state index in [9.17, 15) is 0 Å². The molecule has 1 aromatic heterocycles. The van der Waals surface area contributed by atoms with E-state index in [2.05, 4.69) is 22.0 Å². The highest BCUT2D eigenvalue weighted by molar-refractivity contribution is 6.32. The first-order chi connectivity index (χ1) is 6.33. The summed E-state index contributed by atoms with van der Waals surface area (Å²) in [5.41, 5.74) is 2.64. The van der Waals surface area contributed by atoms with Crippen LogP contribution in [0, 0.1) is 0 Å². The van der Waals surface area contributed by atoms with Crippen molar-refractivity contribution in [2.24, 2.45) is 0 Å². The molecule has 0 unspecified atom stereocenters. The molecule has 13 heavy (non-hydrogen) atoms. The van der Waals surface area contributed by atoms with Crippen molar-refractivity contribution in [3.05, 3.63) is 35.4 Å². The van der Waals surface area contributed by atoms with Gasteiger partial charge in [0.25, 0.3) is 0 Å². The van der Waals surface area contributed by atoms with E-state index in [-0.39, 0.29) is 0 Å². The number of fused-ring (bicyclic) bond motifs is 1. The van der Waals surface area contributed by atoms with Crippen LogP contribution in [0.15, 0.2) is 24.8 Å². The van der Waals surface area contributed by atoms with E-state index in [0.717, 1.165) is 16.6 Å². The van der Waals surface area contributed by atoms with E-state index in [1.165, 1.54) is 0 Å². The number of aromatic amines is 1. The van der Waals surface area contributed by atoms with Gasteiger partial charge in [-0.3, -0.25) is 0 Å². The summed E-state index contributed by atoms with van der Waals surface area (Å²) in [5.74, 6) is 0. The van der Waals surface area contributed by atoms with Crippen molar-refractivity contribution >= 4 is 22.6 Å². The number of hydrogen-bond acceptors (Lipinski definition) is 2. The Kier molecular flexibility index (Phi) is 2.02. The highest BCUT2D eigenvalue weighted by Crippen LogP contribution is 2.23. The lowest BCUT2D eigenvalue weighted by molar-refractivity contribution is 0.957. The maximum atomic E-state index is 6.01. The van der Waals surface area contributed by atoms with Crippen molar-refractivity contribution in [1.29, 1.82) is 0 Å². The summed E-state index contributed by atoms with van der Waals surface area (Å²) in [6.45, 7) is 3.67. The number of benzene rings is 1. The molecule has 0 bridgehead atoms. The number of H-pyrrole nitrogens is 1. The Labute approximate surface area is 80.4 Å². The average molecular weight is 194 g/mol. The Balaban J connectivity index is 2.72.